The number of nitrogens with one attached hydrogen (secondary N) is 2. The summed E-state index contributed by atoms with van der Waals surface area (Å²) in [6, 6.07) is 23.7. The Balaban J connectivity index is 0.744. The van der Waals surface area contributed by atoms with Crippen LogP contribution in [-0.2, 0) is 26.2 Å². The number of imidazole rings is 1. The molecule has 1 unspecified atom stereocenters. The standard InChI is InChI=1S/C48H53ClN8O5/c1-54-41-28-34(13-14-39(41)57(48(54)62)40-15-16-42(58)52-45(40)60)32-19-23-55(24-20-32)43(59)25-30-17-21-56(22-18-30)46(61)36-11-6-12-37(27-36)51-47-50-29-38(49)44(53-47)35-10-5-9-33(26-35)31-7-3-2-4-8-31/h2-5,7-10,13-14,26,28-30,32,36-37,40H,6,11-12,15-25,27H2,1H3,(H,50,51,53)(H,52,58,60)/t36-,37+,40?/m0/s1. The van der Waals surface area contributed by atoms with Crippen molar-refractivity contribution >= 4 is 52.2 Å². The molecule has 5 aromatic rings. The van der Waals surface area contributed by atoms with E-state index in [1.165, 1.54) is 4.57 Å². The van der Waals surface area contributed by atoms with Gasteiger partial charge in [-0.3, -0.25) is 33.6 Å². The third-order valence-electron chi connectivity index (χ3n) is 13.7. The molecule has 2 N–H and O–H groups in total. The zero-order valence-corrected chi connectivity index (χ0v) is 35.9. The average molecular weight is 857 g/mol. The average Bonchev–Trinajstić information content (AvgIpc) is 3.55. The van der Waals surface area contributed by atoms with Crippen LogP contribution >= 0.6 is 11.6 Å². The van der Waals surface area contributed by atoms with E-state index in [9.17, 15) is 24.0 Å². The molecule has 0 bridgehead atoms. The fourth-order valence-electron chi connectivity index (χ4n) is 10.2. The van der Waals surface area contributed by atoms with Crippen LogP contribution in [0.2, 0.25) is 5.02 Å². The van der Waals surface area contributed by atoms with Gasteiger partial charge in [-0.25, -0.2) is 14.8 Å². The van der Waals surface area contributed by atoms with Crippen molar-refractivity contribution in [1.82, 2.24) is 34.2 Å². The number of rotatable bonds is 9. The Bertz CT molecular complexity index is 2560. The first-order valence-electron chi connectivity index (χ1n) is 22.2. The highest BCUT2D eigenvalue weighted by atomic mass is 35.5. The van der Waals surface area contributed by atoms with Gasteiger partial charge in [-0.2, -0.15) is 0 Å². The van der Waals surface area contributed by atoms with E-state index in [2.05, 4.69) is 39.9 Å². The number of amides is 4. The summed E-state index contributed by atoms with van der Waals surface area (Å²) in [6.07, 6.45) is 9.43. The maximum atomic E-state index is 13.8. The summed E-state index contributed by atoms with van der Waals surface area (Å²) in [7, 11) is 1.71. The lowest BCUT2D eigenvalue weighted by atomic mass is 9.84. The molecule has 62 heavy (non-hydrogen) atoms. The third kappa shape index (κ3) is 8.64. The summed E-state index contributed by atoms with van der Waals surface area (Å²) in [5, 5.41) is 6.37. The van der Waals surface area contributed by atoms with Crippen molar-refractivity contribution in [2.24, 2.45) is 18.9 Å². The number of aryl methyl sites for hydroxylation is 1. The number of anilines is 1. The summed E-state index contributed by atoms with van der Waals surface area (Å²) in [5.74, 6) is 0.594. The monoisotopic (exact) mass is 856 g/mol. The topological polar surface area (TPSA) is 152 Å². The van der Waals surface area contributed by atoms with E-state index < -0.39 is 11.9 Å². The van der Waals surface area contributed by atoms with Crippen LogP contribution in [0.3, 0.4) is 0 Å². The number of halogens is 1. The van der Waals surface area contributed by atoms with E-state index >= 15 is 0 Å². The Kier molecular flexibility index (Phi) is 12.0. The lowest BCUT2D eigenvalue weighted by Gasteiger charge is -2.37. The maximum Gasteiger partial charge on any atom is 0.329 e. The highest BCUT2D eigenvalue weighted by Crippen LogP contribution is 2.35. The maximum absolute atomic E-state index is 13.8. The van der Waals surface area contributed by atoms with E-state index in [-0.39, 0.29) is 53.6 Å². The number of carbonyl (C=O) groups excluding carboxylic acids is 4. The van der Waals surface area contributed by atoms with Crippen LogP contribution in [0.4, 0.5) is 5.95 Å². The smallest absolute Gasteiger partial charge is 0.329 e. The minimum atomic E-state index is -0.716. The number of fused-ring (bicyclic) bond motifs is 1. The molecular weight excluding hydrogens is 804 g/mol. The molecule has 3 saturated heterocycles. The van der Waals surface area contributed by atoms with E-state index in [1.807, 2.05) is 58.3 Å². The molecule has 322 valence electrons. The highest BCUT2D eigenvalue weighted by molar-refractivity contribution is 6.33. The Morgan fingerprint density at radius 1 is 0.806 bits per heavy atom. The summed E-state index contributed by atoms with van der Waals surface area (Å²) >= 11 is 6.63. The van der Waals surface area contributed by atoms with Crippen LogP contribution < -0.4 is 16.3 Å². The van der Waals surface area contributed by atoms with Crippen LogP contribution in [0.15, 0.2) is 83.8 Å². The Morgan fingerprint density at radius 2 is 1.55 bits per heavy atom. The lowest BCUT2D eigenvalue weighted by molar-refractivity contribution is -0.139. The lowest BCUT2D eigenvalue weighted by Crippen LogP contribution is -2.45. The molecule has 3 atom stereocenters. The number of likely N-dealkylation sites (tertiary alicyclic amines) is 2. The molecule has 1 aliphatic carbocycles. The second-order valence-electron chi connectivity index (χ2n) is 17.6. The van der Waals surface area contributed by atoms with Gasteiger partial charge in [0.05, 0.1) is 27.9 Å². The van der Waals surface area contributed by atoms with E-state index in [0.717, 1.165) is 79.1 Å². The third-order valence-corrected chi connectivity index (χ3v) is 14.0. The molecule has 4 amide bonds. The fourth-order valence-corrected chi connectivity index (χ4v) is 10.4. The van der Waals surface area contributed by atoms with Gasteiger partial charge in [0.1, 0.15) is 6.04 Å². The van der Waals surface area contributed by atoms with Gasteiger partial charge in [0.25, 0.3) is 0 Å². The molecule has 5 heterocycles. The van der Waals surface area contributed by atoms with Crippen LogP contribution in [-0.4, -0.2) is 84.8 Å². The molecule has 1 saturated carbocycles. The van der Waals surface area contributed by atoms with E-state index in [4.69, 9.17) is 16.6 Å². The van der Waals surface area contributed by atoms with E-state index in [1.54, 1.807) is 17.8 Å². The zero-order valence-electron chi connectivity index (χ0n) is 35.1. The van der Waals surface area contributed by atoms with Gasteiger partial charge in [-0.05, 0) is 98.1 Å². The van der Waals surface area contributed by atoms with Crippen LogP contribution in [0.1, 0.15) is 88.2 Å². The number of hydrogen-bond acceptors (Lipinski definition) is 8. The molecule has 2 aromatic heterocycles. The van der Waals surface area contributed by atoms with Crippen LogP contribution in [0.25, 0.3) is 33.4 Å². The van der Waals surface area contributed by atoms with Crippen LogP contribution in [0, 0.1) is 11.8 Å². The first-order valence-corrected chi connectivity index (χ1v) is 22.5. The number of benzene rings is 3. The molecule has 9 rings (SSSR count). The number of nitrogens with zero attached hydrogens (tertiary/aromatic N) is 6. The molecular formula is C48H53ClN8O5. The minimum absolute atomic E-state index is 0.0640. The quantitative estimate of drug-likeness (QED) is 0.149. The Hall–Kier alpha value is -5.82. The van der Waals surface area contributed by atoms with Crippen molar-refractivity contribution in [3.8, 4) is 22.4 Å². The molecule has 4 fully saturated rings. The second-order valence-corrected chi connectivity index (χ2v) is 18.0. The SMILES string of the molecule is Cn1c(=O)n(C2CCC(=O)NC2=O)c2ccc(C3CCN(C(=O)CC4CCN(C(=O)[C@H]5CCC[C@@H](Nc6ncc(Cl)c(-c7cccc(-c8ccccc8)c7)n6)C5)CC4)CC3)cc21. The van der Waals surface area contributed by atoms with Gasteiger partial charge in [0.2, 0.25) is 29.6 Å². The van der Waals surface area contributed by atoms with Crippen LogP contribution in [0.5, 0.6) is 0 Å². The number of hydrogen-bond donors (Lipinski definition) is 2. The summed E-state index contributed by atoms with van der Waals surface area (Å²) < 4.78 is 3.08. The number of aromatic nitrogens is 4. The highest BCUT2D eigenvalue weighted by Gasteiger charge is 2.35. The van der Waals surface area contributed by atoms with Gasteiger partial charge < -0.3 is 15.1 Å². The summed E-state index contributed by atoms with van der Waals surface area (Å²) in [6.45, 7) is 2.70. The predicted molar refractivity (Wildman–Crippen MR) is 238 cm³/mol. The van der Waals surface area contributed by atoms with Gasteiger partial charge in [-0.1, -0.05) is 72.6 Å². The zero-order chi connectivity index (χ0) is 42.9. The van der Waals surface area contributed by atoms with Crippen molar-refractivity contribution in [1.29, 1.82) is 0 Å². The second kappa shape index (κ2) is 17.9. The predicted octanol–water partition coefficient (Wildman–Crippen LogP) is 7.10. The van der Waals surface area contributed by atoms with Crippen molar-refractivity contribution in [3.63, 3.8) is 0 Å². The normalized spacial score (nSPS) is 21.5. The van der Waals surface area contributed by atoms with Gasteiger partial charge in [0, 0.05) is 63.6 Å². The molecule has 3 aliphatic heterocycles. The molecule has 0 spiro atoms. The first kappa shape index (κ1) is 41.5. The molecule has 4 aliphatic rings. The molecule has 3 aromatic carbocycles. The Morgan fingerprint density at radius 3 is 2.32 bits per heavy atom. The first-order chi connectivity index (χ1) is 30.1. The van der Waals surface area contributed by atoms with Gasteiger partial charge in [0.15, 0.2) is 0 Å². The number of imide groups is 1. The minimum Gasteiger partial charge on any atom is -0.351 e. The van der Waals surface area contributed by atoms with Gasteiger partial charge >= 0.3 is 5.69 Å². The van der Waals surface area contributed by atoms with Gasteiger partial charge in [-0.15, -0.1) is 0 Å². The fraction of sp³-hybridized carbons (Fsp3) is 0.438. The Labute approximate surface area is 365 Å². The van der Waals surface area contributed by atoms with Crippen molar-refractivity contribution < 1.29 is 19.2 Å². The molecule has 13 nitrogen and oxygen atoms in total. The summed E-state index contributed by atoms with van der Waals surface area (Å²) in [5.41, 5.74) is 6.05. The van der Waals surface area contributed by atoms with Crippen molar-refractivity contribution in [2.75, 3.05) is 31.5 Å². The molecule has 14 heteroatoms. The molecule has 0 radical (unpaired) electrons. The summed E-state index contributed by atoms with van der Waals surface area (Å²) in [4.78, 5) is 78.3. The van der Waals surface area contributed by atoms with Crippen molar-refractivity contribution in [3.05, 3.63) is 100 Å². The van der Waals surface area contributed by atoms with Crippen molar-refractivity contribution in [2.45, 2.75) is 88.6 Å². The number of piperidine rings is 3. The number of carbonyl (C=O) groups is 4. The largest absolute Gasteiger partial charge is 0.351 e. The van der Waals surface area contributed by atoms with E-state index in [0.29, 0.717) is 61.2 Å².